The number of anilines is 1. The van der Waals surface area contributed by atoms with Gasteiger partial charge in [0.2, 0.25) is 5.91 Å². The molecule has 30 heavy (non-hydrogen) atoms. The predicted octanol–water partition coefficient (Wildman–Crippen LogP) is 2.56. The van der Waals surface area contributed by atoms with Gasteiger partial charge in [-0.25, -0.2) is 4.79 Å². The molecule has 8 heteroatoms. The van der Waals surface area contributed by atoms with Crippen LogP contribution >= 0.6 is 0 Å². The highest BCUT2D eigenvalue weighted by Gasteiger charge is 2.12. The van der Waals surface area contributed by atoms with E-state index >= 15 is 0 Å². The Bertz CT molecular complexity index is 1240. The number of pyridine rings is 1. The van der Waals surface area contributed by atoms with Crippen LogP contribution in [0.5, 0.6) is 0 Å². The van der Waals surface area contributed by atoms with Crippen LogP contribution in [0.1, 0.15) is 15.9 Å². The zero-order chi connectivity index (χ0) is 20.9. The fourth-order valence-corrected chi connectivity index (χ4v) is 2.98. The second-order valence-corrected chi connectivity index (χ2v) is 6.59. The first-order chi connectivity index (χ1) is 14.6. The van der Waals surface area contributed by atoms with Gasteiger partial charge in [0.1, 0.15) is 6.54 Å². The minimum Gasteiger partial charge on any atom is -0.408 e. The molecule has 2 heterocycles. The van der Waals surface area contributed by atoms with Gasteiger partial charge in [-0.15, -0.1) is 0 Å². The molecule has 0 radical (unpaired) electrons. The van der Waals surface area contributed by atoms with E-state index in [0.717, 1.165) is 5.56 Å². The number of benzene rings is 2. The van der Waals surface area contributed by atoms with Gasteiger partial charge in [-0.1, -0.05) is 24.3 Å². The van der Waals surface area contributed by atoms with E-state index in [1.54, 1.807) is 60.9 Å². The van der Waals surface area contributed by atoms with Crippen LogP contribution in [-0.4, -0.2) is 21.4 Å². The van der Waals surface area contributed by atoms with Gasteiger partial charge in [-0.05, 0) is 42.0 Å². The molecule has 0 aliphatic carbocycles. The number of carbonyl (C=O) groups excluding carboxylic acids is 2. The average molecular weight is 402 g/mol. The molecule has 0 saturated heterocycles. The van der Waals surface area contributed by atoms with Gasteiger partial charge in [0.05, 0.1) is 5.52 Å². The summed E-state index contributed by atoms with van der Waals surface area (Å²) in [5, 5.41) is 5.58. The van der Waals surface area contributed by atoms with Crippen molar-refractivity contribution in [1.82, 2.24) is 14.9 Å². The molecule has 0 saturated carbocycles. The Balaban J connectivity index is 1.33. The van der Waals surface area contributed by atoms with Crippen molar-refractivity contribution < 1.29 is 14.0 Å². The highest BCUT2D eigenvalue weighted by atomic mass is 16.4. The van der Waals surface area contributed by atoms with Crippen LogP contribution in [-0.2, 0) is 17.9 Å². The Morgan fingerprint density at radius 2 is 1.70 bits per heavy atom. The summed E-state index contributed by atoms with van der Waals surface area (Å²) in [6, 6.07) is 17.3. The van der Waals surface area contributed by atoms with E-state index in [-0.39, 0.29) is 18.4 Å². The van der Waals surface area contributed by atoms with Crippen LogP contribution < -0.4 is 16.4 Å². The molecule has 2 amide bonds. The zero-order valence-corrected chi connectivity index (χ0v) is 15.9. The normalized spacial score (nSPS) is 10.7. The third kappa shape index (κ3) is 4.27. The molecular formula is C22H18N4O4. The van der Waals surface area contributed by atoms with Crippen molar-refractivity contribution in [1.29, 1.82) is 0 Å². The second-order valence-electron chi connectivity index (χ2n) is 6.59. The number of hydrogen-bond donors (Lipinski definition) is 2. The smallest absolute Gasteiger partial charge is 0.408 e. The number of fused-ring (bicyclic) bond motifs is 1. The highest BCUT2D eigenvalue weighted by molar-refractivity contribution is 6.04. The van der Waals surface area contributed by atoms with Gasteiger partial charge >= 0.3 is 5.76 Å². The molecule has 0 unspecified atom stereocenters. The number of amides is 2. The van der Waals surface area contributed by atoms with E-state index in [1.165, 1.54) is 4.57 Å². The fourth-order valence-electron chi connectivity index (χ4n) is 2.98. The summed E-state index contributed by atoms with van der Waals surface area (Å²) in [4.78, 5) is 40.3. The van der Waals surface area contributed by atoms with Crippen molar-refractivity contribution in [2.75, 3.05) is 5.32 Å². The standard InChI is InChI=1S/C22H18N4O4/c27-20(14-26-18-3-1-2-4-19(18)30-22(26)29)24-13-15-5-7-17(8-6-15)25-21(28)16-9-11-23-12-10-16/h1-12H,13-14H2,(H,24,27)(H,25,28). The Kier molecular flexibility index (Phi) is 5.38. The fraction of sp³-hybridized carbons (Fsp3) is 0.0909. The number of carbonyl (C=O) groups is 2. The van der Waals surface area contributed by atoms with Crippen molar-refractivity contribution in [3.63, 3.8) is 0 Å². The molecule has 2 aromatic heterocycles. The number of rotatable bonds is 6. The SMILES string of the molecule is O=C(Cn1c(=O)oc2ccccc21)NCc1ccc(NC(=O)c2ccncc2)cc1. The van der Waals surface area contributed by atoms with E-state index < -0.39 is 5.76 Å². The van der Waals surface area contributed by atoms with Gasteiger partial charge < -0.3 is 15.1 Å². The Morgan fingerprint density at radius 3 is 2.47 bits per heavy atom. The van der Waals surface area contributed by atoms with Crippen molar-refractivity contribution >= 4 is 28.6 Å². The summed E-state index contributed by atoms with van der Waals surface area (Å²) in [7, 11) is 0. The quantitative estimate of drug-likeness (QED) is 0.516. The van der Waals surface area contributed by atoms with Crippen LogP contribution in [0.15, 0.2) is 82.3 Å². The molecule has 0 aliphatic heterocycles. The monoisotopic (exact) mass is 402 g/mol. The van der Waals surface area contributed by atoms with Gasteiger partial charge in [0, 0.05) is 30.2 Å². The second kappa shape index (κ2) is 8.44. The lowest BCUT2D eigenvalue weighted by molar-refractivity contribution is -0.121. The van der Waals surface area contributed by atoms with Crippen LogP contribution in [0.3, 0.4) is 0 Å². The van der Waals surface area contributed by atoms with Crippen molar-refractivity contribution in [3.8, 4) is 0 Å². The molecule has 0 spiro atoms. The van der Waals surface area contributed by atoms with Crippen LogP contribution in [0.25, 0.3) is 11.1 Å². The molecule has 0 fully saturated rings. The maximum Gasteiger partial charge on any atom is 0.420 e. The summed E-state index contributed by atoms with van der Waals surface area (Å²) < 4.78 is 6.42. The highest BCUT2D eigenvalue weighted by Crippen LogP contribution is 2.13. The number of nitrogens with one attached hydrogen (secondary N) is 2. The Labute approximate surface area is 171 Å². The van der Waals surface area contributed by atoms with Crippen molar-refractivity contribution in [2.45, 2.75) is 13.1 Å². The minimum absolute atomic E-state index is 0.129. The number of nitrogens with zero attached hydrogens (tertiary/aromatic N) is 2. The summed E-state index contributed by atoms with van der Waals surface area (Å²) in [6.07, 6.45) is 3.11. The van der Waals surface area contributed by atoms with E-state index in [9.17, 15) is 14.4 Å². The molecule has 0 aliphatic rings. The molecule has 4 aromatic rings. The molecule has 0 bridgehead atoms. The maximum absolute atomic E-state index is 12.3. The van der Waals surface area contributed by atoms with Crippen LogP contribution in [0.4, 0.5) is 5.69 Å². The number of aromatic nitrogens is 2. The minimum atomic E-state index is -0.569. The summed E-state index contributed by atoms with van der Waals surface area (Å²) >= 11 is 0. The molecule has 150 valence electrons. The summed E-state index contributed by atoms with van der Waals surface area (Å²) in [5.74, 6) is -1.10. The zero-order valence-electron chi connectivity index (χ0n) is 15.9. The largest absolute Gasteiger partial charge is 0.420 e. The molecule has 4 rings (SSSR count). The summed E-state index contributed by atoms with van der Waals surface area (Å²) in [6.45, 7) is 0.165. The van der Waals surface area contributed by atoms with Gasteiger partial charge in [-0.2, -0.15) is 0 Å². The topological polar surface area (TPSA) is 106 Å². The third-order valence-electron chi connectivity index (χ3n) is 4.52. The molecule has 0 atom stereocenters. The lowest BCUT2D eigenvalue weighted by atomic mass is 10.2. The van der Waals surface area contributed by atoms with E-state index in [4.69, 9.17) is 4.42 Å². The first-order valence-electron chi connectivity index (χ1n) is 9.25. The van der Waals surface area contributed by atoms with Crippen LogP contribution in [0.2, 0.25) is 0 Å². The van der Waals surface area contributed by atoms with Crippen molar-refractivity contribution in [2.24, 2.45) is 0 Å². The first-order valence-corrected chi connectivity index (χ1v) is 9.25. The number of oxazole rings is 1. The lowest BCUT2D eigenvalue weighted by Gasteiger charge is -2.08. The van der Waals surface area contributed by atoms with E-state index in [1.807, 2.05) is 12.1 Å². The molecule has 8 nitrogen and oxygen atoms in total. The van der Waals surface area contributed by atoms with Gasteiger partial charge in [-0.3, -0.25) is 19.1 Å². The number of para-hydroxylation sites is 2. The molecule has 2 N–H and O–H groups in total. The first kappa shape index (κ1) is 19.1. The maximum atomic E-state index is 12.3. The van der Waals surface area contributed by atoms with Gasteiger partial charge in [0.25, 0.3) is 5.91 Å². The van der Waals surface area contributed by atoms with E-state index in [0.29, 0.717) is 28.9 Å². The summed E-state index contributed by atoms with van der Waals surface area (Å²) in [5.41, 5.74) is 3.04. The average Bonchev–Trinajstić information content (AvgIpc) is 3.09. The van der Waals surface area contributed by atoms with Gasteiger partial charge in [0.15, 0.2) is 5.58 Å². The third-order valence-corrected chi connectivity index (χ3v) is 4.52. The molecular weight excluding hydrogens is 384 g/mol. The predicted molar refractivity (Wildman–Crippen MR) is 111 cm³/mol. The Hall–Kier alpha value is -4.20. The Morgan fingerprint density at radius 1 is 0.967 bits per heavy atom. The van der Waals surface area contributed by atoms with Crippen molar-refractivity contribution in [3.05, 3.63) is 94.7 Å². The number of hydrogen-bond acceptors (Lipinski definition) is 5. The molecule has 2 aromatic carbocycles. The lowest BCUT2D eigenvalue weighted by Crippen LogP contribution is -2.30. The van der Waals surface area contributed by atoms with Crippen LogP contribution in [0, 0.1) is 0 Å². The van der Waals surface area contributed by atoms with E-state index in [2.05, 4.69) is 15.6 Å².